The summed E-state index contributed by atoms with van der Waals surface area (Å²) in [6, 6.07) is 9.14. The lowest BCUT2D eigenvalue weighted by Crippen LogP contribution is -2.45. The van der Waals surface area contributed by atoms with Crippen molar-refractivity contribution in [1.29, 1.82) is 0 Å². The minimum atomic E-state index is -0.321. The molecule has 1 amide bonds. The Morgan fingerprint density at radius 3 is 2.84 bits per heavy atom. The molecule has 1 aliphatic rings. The smallest absolute Gasteiger partial charge is 0.237 e. The molecule has 4 heteroatoms. The van der Waals surface area contributed by atoms with Crippen LogP contribution < -0.4 is 10.6 Å². The summed E-state index contributed by atoms with van der Waals surface area (Å²) < 4.78 is 0. The molecule has 0 radical (unpaired) electrons. The Bertz CT molecular complexity index is 386. The van der Waals surface area contributed by atoms with Crippen molar-refractivity contribution < 1.29 is 9.90 Å². The summed E-state index contributed by atoms with van der Waals surface area (Å²) in [6.45, 7) is 0.815. The molecule has 0 aromatic heterocycles. The van der Waals surface area contributed by atoms with E-state index in [1.54, 1.807) is 0 Å². The minimum Gasteiger partial charge on any atom is -0.394 e. The van der Waals surface area contributed by atoms with Crippen LogP contribution in [0.5, 0.6) is 0 Å². The first-order chi connectivity index (χ1) is 9.31. The van der Waals surface area contributed by atoms with Crippen LogP contribution in [0.3, 0.4) is 0 Å². The maximum absolute atomic E-state index is 12.2. The maximum Gasteiger partial charge on any atom is 0.237 e. The fraction of sp³-hybridized carbons (Fsp3) is 0.533. The topological polar surface area (TPSA) is 61.4 Å². The van der Waals surface area contributed by atoms with Crippen LogP contribution in [0, 0.1) is 0 Å². The second-order valence-corrected chi connectivity index (χ2v) is 5.01. The van der Waals surface area contributed by atoms with Crippen molar-refractivity contribution >= 4 is 5.91 Å². The van der Waals surface area contributed by atoms with Crippen molar-refractivity contribution in [3.63, 3.8) is 0 Å². The van der Waals surface area contributed by atoms with Gasteiger partial charge >= 0.3 is 0 Å². The predicted octanol–water partition coefficient (Wildman–Crippen LogP) is 1.37. The largest absolute Gasteiger partial charge is 0.394 e. The van der Waals surface area contributed by atoms with Gasteiger partial charge in [0.15, 0.2) is 0 Å². The Morgan fingerprint density at radius 2 is 2.11 bits per heavy atom. The van der Waals surface area contributed by atoms with E-state index in [2.05, 4.69) is 10.6 Å². The Morgan fingerprint density at radius 1 is 1.32 bits per heavy atom. The van der Waals surface area contributed by atoms with E-state index in [0.29, 0.717) is 0 Å². The molecular formula is C15H22N2O2. The van der Waals surface area contributed by atoms with Gasteiger partial charge in [-0.1, -0.05) is 43.2 Å². The molecule has 3 N–H and O–H groups in total. The van der Waals surface area contributed by atoms with E-state index >= 15 is 0 Å². The number of hydrogen-bond acceptors (Lipinski definition) is 3. The monoisotopic (exact) mass is 262 g/mol. The van der Waals surface area contributed by atoms with Crippen LogP contribution in [-0.4, -0.2) is 30.2 Å². The van der Waals surface area contributed by atoms with Gasteiger partial charge in [-0.25, -0.2) is 0 Å². The highest BCUT2D eigenvalue weighted by molar-refractivity contribution is 5.82. The first kappa shape index (κ1) is 14.0. The lowest BCUT2D eigenvalue weighted by Gasteiger charge is -2.21. The zero-order chi connectivity index (χ0) is 13.5. The van der Waals surface area contributed by atoms with Gasteiger partial charge in [-0.2, -0.15) is 0 Å². The van der Waals surface area contributed by atoms with Crippen LogP contribution in [0.4, 0.5) is 0 Å². The van der Waals surface area contributed by atoms with Crippen LogP contribution in [0.1, 0.15) is 37.3 Å². The standard InChI is InChI=1S/C15H22N2O2/c18-11-14(12-7-3-1-4-8-12)17-15(19)13-9-5-2-6-10-16-13/h1,3-4,7-8,13-14,16,18H,2,5-6,9-11H2,(H,17,19). The van der Waals surface area contributed by atoms with Gasteiger partial charge in [0, 0.05) is 0 Å². The minimum absolute atomic E-state index is 0.00944. The van der Waals surface area contributed by atoms with E-state index in [1.807, 2.05) is 30.3 Å². The van der Waals surface area contributed by atoms with Gasteiger partial charge in [0.2, 0.25) is 5.91 Å². The Hall–Kier alpha value is -1.39. The molecule has 104 valence electrons. The number of carbonyl (C=O) groups excluding carboxylic acids is 1. The van der Waals surface area contributed by atoms with Crippen molar-refractivity contribution in [3.8, 4) is 0 Å². The molecule has 1 aromatic rings. The quantitative estimate of drug-likeness (QED) is 0.768. The Kier molecular flexibility index (Phi) is 5.36. The van der Waals surface area contributed by atoms with Crippen molar-refractivity contribution in [1.82, 2.24) is 10.6 Å². The van der Waals surface area contributed by atoms with E-state index < -0.39 is 0 Å². The van der Waals surface area contributed by atoms with E-state index in [1.165, 1.54) is 6.42 Å². The van der Waals surface area contributed by atoms with Crippen LogP contribution in [0.25, 0.3) is 0 Å². The van der Waals surface area contributed by atoms with Gasteiger partial charge in [0.05, 0.1) is 18.7 Å². The van der Waals surface area contributed by atoms with Gasteiger partial charge < -0.3 is 15.7 Å². The molecule has 1 fully saturated rings. The summed E-state index contributed by atoms with van der Waals surface area (Å²) in [5.41, 5.74) is 0.937. The molecule has 2 unspecified atom stereocenters. The van der Waals surface area contributed by atoms with Crippen LogP contribution in [0.2, 0.25) is 0 Å². The van der Waals surface area contributed by atoms with Crippen molar-refractivity contribution in [2.75, 3.05) is 13.2 Å². The highest BCUT2D eigenvalue weighted by Gasteiger charge is 2.22. The molecular weight excluding hydrogens is 240 g/mol. The number of nitrogens with one attached hydrogen (secondary N) is 2. The average Bonchev–Trinajstić information content (AvgIpc) is 2.74. The predicted molar refractivity (Wildman–Crippen MR) is 74.7 cm³/mol. The second-order valence-electron chi connectivity index (χ2n) is 5.01. The molecule has 1 saturated heterocycles. The summed E-state index contributed by atoms with van der Waals surface area (Å²) in [7, 11) is 0. The fourth-order valence-electron chi connectivity index (χ4n) is 2.44. The Labute approximate surface area is 114 Å². The van der Waals surface area contributed by atoms with E-state index in [0.717, 1.165) is 31.4 Å². The van der Waals surface area contributed by atoms with Crippen LogP contribution in [-0.2, 0) is 4.79 Å². The highest BCUT2D eigenvalue weighted by Crippen LogP contribution is 2.14. The molecule has 1 aromatic carbocycles. The zero-order valence-electron chi connectivity index (χ0n) is 11.1. The molecule has 0 aliphatic carbocycles. The number of rotatable bonds is 4. The van der Waals surface area contributed by atoms with E-state index in [-0.39, 0.29) is 24.6 Å². The molecule has 19 heavy (non-hydrogen) atoms. The molecule has 4 nitrogen and oxygen atoms in total. The van der Waals surface area contributed by atoms with Crippen molar-refractivity contribution in [2.45, 2.75) is 37.8 Å². The first-order valence-corrected chi connectivity index (χ1v) is 7.01. The number of hydrogen-bond donors (Lipinski definition) is 3. The zero-order valence-corrected chi connectivity index (χ0v) is 11.1. The third kappa shape index (κ3) is 4.04. The van der Waals surface area contributed by atoms with Gasteiger partial charge in [-0.3, -0.25) is 4.79 Å². The van der Waals surface area contributed by atoms with Gasteiger partial charge in [0.1, 0.15) is 0 Å². The van der Waals surface area contributed by atoms with Crippen LogP contribution in [0.15, 0.2) is 30.3 Å². The maximum atomic E-state index is 12.2. The average molecular weight is 262 g/mol. The lowest BCUT2D eigenvalue weighted by molar-refractivity contribution is -0.124. The third-order valence-corrected chi connectivity index (χ3v) is 3.58. The molecule has 0 saturated carbocycles. The molecule has 2 rings (SSSR count). The lowest BCUT2D eigenvalue weighted by atomic mass is 10.1. The molecule has 0 spiro atoms. The molecule has 0 bridgehead atoms. The summed E-state index contributed by atoms with van der Waals surface area (Å²) in [5, 5.41) is 15.6. The number of aliphatic hydroxyl groups excluding tert-OH is 1. The number of aliphatic hydroxyl groups is 1. The van der Waals surface area contributed by atoms with Crippen molar-refractivity contribution in [2.24, 2.45) is 0 Å². The van der Waals surface area contributed by atoms with Gasteiger partial charge in [0.25, 0.3) is 0 Å². The molecule has 1 heterocycles. The van der Waals surface area contributed by atoms with E-state index in [4.69, 9.17) is 0 Å². The van der Waals surface area contributed by atoms with E-state index in [9.17, 15) is 9.90 Å². The van der Waals surface area contributed by atoms with Crippen LogP contribution >= 0.6 is 0 Å². The number of carbonyl (C=O) groups is 1. The number of benzene rings is 1. The highest BCUT2D eigenvalue weighted by atomic mass is 16.3. The SMILES string of the molecule is O=C(NC(CO)c1ccccc1)C1CCCCCN1. The summed E-state index contributed by atoms with van der Waals surface area (Å²) in [4.78, 5) is 12.2. The molecule has 2 atom stereocenters. The van der Waals surface area contributed by atoms with Gasteiger partial charge in [-0.05, 0) is 24.9 Å². The summed E-state index contributed by atoms with van der Waals surface area (Å²) in [5.74, 6) is -0.00944. The normalized spacial score (nSPS) is 21.4. The number of amides is 1. The van der Waals surface area contributed by atoms with Crippen molar-refractivity contribution in [3.05, 3.63) is 35.9 Å². The summed E-state index contributed by atoms with van der Waals surface area (Å²) in [6.07, 6.45) is 4.27. The molecule has 1 aliphatic heterocycles. The first-order valence-electron chi connectivity index (χ1n) is 7.01. The third-order valence-electron chi connectivity index (χ3n) is 3.58. The fourth-order valence-corrected chi connectivity index (χ4v) is 2.44. The Balaban J connectivity index is 1.96. The summed E-state index contributed by atoms with van der Waals surface area (Å²) >= 11 is 0. The second kappa shape index (κ2) is 7.26. The van der Waals surface area contributed by atoms with Gasteiger partial charge in [-0.15, -0.1) is 0 Å².